The van der Waals surface area contributed by atoms with Gasteiger partial charge in [-0.1, -0.05) is 29.8 Å². The largest absolute Gasteiger partial charge is 0.484 e. The number of esters is 1. The first-order valence-electron chi connectivity index (χ1n) is 10.4. The van der Waals surface area contributed by atoms with Gasteiger partial charge in [0.25, 0.3) is 0 Å². The predicted molar refractivity (Wildman–Crippen MR) is 120 cm³/mol. The Morgan fingerprint density at radius 3 is 2.75 bits per heavy atom. The van der Waals surface area contributed by atoms with Crippen molar-refractivity contribution < 1.29 is 27.4 Å². The molecule has 1 fully saturated rings. The van der Waals surface area contributed by atoms with E-state index in [1.807, 2.05) is 6.07 Å². The molecule has 2 aromatic rings. The van der Waals surface area contributed by atoms with Crippen molar-refractivity contribution in [2.24, 2.45) is 0 Å². The van der Waals surface area contributed by atoms with E-state index in [0.29, 0.717) is 61.2 Å². The minimum Gasteiger partial charge on any atom is -0.484 e. The Morgan fingerprint density at radius 1 is 1.25 bits per heavy atom. The number of sulfonamides is 1. The van der Waals surface area contributed by atoms with E-state index in [0.717, 1.165) is 5.56 Å². The van der Waals surface area contributed by atoms with Crippen LogP contribution in [0.3, 0.4) is 0 Å². The fraction of sp³-hybridized carbons (Fsp3) is 0.348. The fourth-order valence-electron chi connectivity index (χ4n) is 3.84. The van der Waals surface area contributed by atoms with Crippen molar-refractivity contribution in [2.45, 2.75) is 24.3 Å². The van der Waals surface area contributed by atoms with Gasteiger partial charge in [-0.2, -0.15) is 4.31 Å². The molecule has 2 aliphatic rings. The van der Waals surface area contributed by atoms with Crippen LogP contribution < -0.4 is 4.74 Å². The number of rotatable bonds is 6. The lowest BCUT2D eigenvalue weighted by atomic mass is 10.0. The molecule has 2 aliphatic heterocycles. The number of ether oxygens (including phenoxy) is 3. The van der Waals surface area contributed by atoms with Crippen molar-refractivity contribution in [1.82, 2.24) is 4.31 Å². The molecule has 32 heavy (non-hydrogen) atoms. The molecular weight excluding hydrogens is 454 g/mol. The molecule has 0 N–H and O–H groups in total. The monoisotopic (exact) mass is 477 g/mol. The summed E-state index contributed by atoms with van der Waals surface area (Å²) in [5.41, 5.74) is 2.12. The summed E-state index contributed by atoms with van der Waals surface area (Å²) in [5.74, 6) is 0.114. The van der Waals surface area contributed by atoms with Crippen molar-refractivity contribution in [3.8, 4) is 16.9 Å². The molecular formula is C23H24ClNO6S. The highest BCUT2D eigenvalue weighted by atomic mass is 35.5. The maximum Gasteiger partial charge on any atom is 0.330 e. The first-order valence-corrected chi connectivity index (χ1v) is 12.2. The van der Waals surface area contributed by atoms with E-state index >= 15 is 0 Å². The van der Waals surface area contributed by atoms with E-state index in [9.17, 15) is 13.2 Å². The van der Waals surface area contributed by atoms with Crippen LogP contribution in [0, 0.1) is 0 Å². The highest BCUT2D eigenvalue weighted by molar-refractivity contribution is 7.89. The van der Waals surface area contributed by atoms with Crippen LogP contribution in [0.25, 0.3) is 11.1 Å². The number of carbonyl (C=O) groups excluding carboxylic acids is 1. The lowest BCUT2D eigenvalue weighted by molar-refractivity contribution is -0.137. The van der Waals surface area contributed by atoms with Gasteiger partial charge in [0.15, 0.2) is 0 Å². The van der Waals surface area contributed by atoms with Crippen molar-refractivity contribution in [3.05, 3.63) is 59.1 Å². The molecule has 0 amide bonds. The Bertz CT molecular complexity index is 1140. The molecule has 0 saturated carbocycles. The number of fused-ring (bicyclic) bond motifs is 1. The zero-order valence-electron chi connectivity index (χ0n) is 17.6. The average molecular weight is 478 g/mol. The molecule has 0 radical (unpaired) electrons. The third-order valence-electron chi connectivity index (χ3n) is 5.33. The first kappa shape index (κ1) is 22.8. The smallest absolute Gasteiger partial charge is 0.330 e. The second-order valence-electron chi connectivity index (χ2n) is 7.43. The molecule has 0 bridgehead atoms. The summed E-state index contributed by atoms with van der Waals surface area (Å²) in [6, 6.07) is 10.5. The van der Waals surface area contributed by atoms with E-state index in [1.54, 1.807) is 43.3 Å². The van der Waals surface area contributed by atoms with Gasteiger partial charge in [-0.3, -0.25) is 0 Å². The number of carbonyl (C=O) groups is 1. The number of morpholine rings is 1. The van der Waals surface area contributed by atoms with Gasteiger partial charge in [-0.15, -0.1) is 0 Å². The van der Waals surface area contributed by atoms with E-state index < -0.39 is 16.0 Å². The van der Waals surface area contributed by atoms with Gasteiger partial charge >= 0.3 is 5.97 Å². The molecule has 0 aliphatic carbocycles. The molecule has 9 heteroatoms. The number of benzene rings is 2. The number of hydrogen-bond acceptors (Lipinski definition) is 6. The Morgan fingerprint density at radius 2 is 2.00 bits per heavy atom. The van der Waals surface area contributed by atoms with E-state index in [-0.39, 0.29) is 11.0 Å². The van der Waals surface area contributed by atoms with Gasteiger partial charge in [-0.05, 0) is 36.8 Å². The molecule has 0 spiro atoms. The highest BCUT2D eigenvalue weighted by Crippen LogP contribution is 2.41. The van der Waals surface area contributed by atoms with Crippen LogP contribution in [-0.4, -0.2) is 57.7 Å². The van der Waals surface area contributed by atoms with E-state index in [4.69, 9.17) is 25.8 Å². The summed E-state index contributed by atoms with van der Waals surface area (Å²) in [6.07, 6.45) is 3.15. The minimum absolute atomic E-state index is 0.232. The number of nitrogens with zero attached hydrogens (tertiary/aromatic N) is 1. The summed E-state index contributed by atoms with van der Waals surface area (Å²) < 4.78 is 44.2. The lowest BCUT2D eigenvalue weighted by Crippen LogP contribution is -2.40. The Balaban J connectivity index is 1.64. The molecule has 170 valence electrons. The SMILES string of the molecule is CCOC(=O)C=CC1Cc2cc(-c3ccccc3S(=O)(=O)N3CCOCC3)cc(Cl)c2O1. The molecule has 1 atom stereocenters. The zero-order chi connectivity index (χ0) is 22.7. The molecule has 2 aromatic carbocycles. The Hall–Kier alpha value is -2.39. The third-order valence-corrected chi connectivity index (χ3v) is 7.57. The molecule has 4 rings (SSSR count). The lowest BCUT2D eigenvalue weighted by Gasteiger charge is -2.27. The first-order chi connectivity index (χ1) is 15.4. The summed E-state index contributed by atoms with van der Waals surface area (Å²) in [7, 11) is -3.69. The van der Waals surface area contributed by atoms with Crippen LogP contribution >= 0.6 is 11.6 Å². The Labute approximate surface area is 192 Å². The van der Waals surface area contributed by atoms with Crippen LogP contribution in [0.1, 0.15) is 12.5 Å². The van der Waals surface area contributed by atoms with Crippen LogP contribution in [0.5, 0.6) is 5.75 Å². The normalized spacial score (nSPS) is 19.0. The van der Waals surface area contributed by atoms with Gasteiger partial charge in [0.1, 0.15) is 11.9 Å². The quantitative estimate of drug-likeness (QED) is 0.468. The van der Waals surface area contributed by atoms with Crippen molar-refractivity contribution >= 4 is 27.6 Å². The van der Waals surface area contributed by atoms with Gasteiger partial charge in [-0.25, -0.2) is 13.2 Å². The third kappa shape index (κ3) is 4.68. The molecule has 1 saturated heterocycles. The van der Waals surface area contributed by atoms with E-state index in [1.165, 1.54) is 10.4 Å². The summed E-state index contributed by atoms with van der Waals surface area (Å²) in [5, 5.41) is 0.392. The average Bonchev–Trinajstić information content (AvgIpc) is 3.22. The van der Waals surface area contributed by atoms with Crippen molar-refractivity contribution in [2.75, 3.05) is 32.9 Å². The number of halogens is 1. The molecule has 1 unspecified atom stereocenters. The molecule has 2 heterocycles. The maximum atomic E-state index is 13.3. The number of hydrogen-bond donors (Lipinski definition) is 0. The summed E-state index contributed by atoms with van der Waals surface area (Å²) in [4.78, 5) is 11.8. The fourth-order valence-corrected chi connectivity index (χ4v) is 5.74. The van der Waals surface area contributed by atoms with Crippen molar-refractivity contribution in [3.63, 3.8) is 0 Å². The highest BCUT2D eigenvalue weighted by Gasteiger charge is 2.30. The summed E-state index contributed by atoms with van der Waals surface area (Å²) >= 11 is 6.50. The van der Waals surface area contributed by atoms with Gasteiger partial charge in [0.05, 0.1) is 29.7 Å². The van der Waals surface area contributed by atoms with Crippen LogP contribution in [0.4, 0.5) is 0 Å². The second kappa shape index (κ2) is 9.62. The predicted octanol–water partition coefficient (Wildman–Crippen LogP) is 3.45. The van der Waals surface area contributed by atoms with Gasteiger partial charge in [0, 0.05) is 36.7 Å². The minimum atomic E-state index is -3.69. The maximum absolute atomic E-state index is 13.3. The standard InChI is InChI=1S/C23H24ClNO6S/c1-2-30-22(26)8-7-18-14-17-13-16(15-20(24)23(17)31-18)19-5-3-4-6-21(19)32(27,28)25-9-11-29-12-10-25/h3-8,13,15,18H,2,9-12,14H2,1H3. The van der Waals surface area contributed by atoms with Crippen LogP contribution in [0.2, 0.25) is 5.02 Å². The zero-order valence-corrected chi connectivity index (χ0v) is 19.2. The van der Waals surface area contributed by atoms with Gasteiger partial charge in [0.2, 0.25) is 10.0 Å². The van der Waals surface area contributed by atoms with Crippen LogP contribution in [0.15, 0.2) is 53.4 Å². The molecule has 0 aromatic heterocycles. The Kier molecular flexibility index (Phi) is 6.85. The molecule has 7 nitrogen and oxygen atoms in total. The summed E-state index contributed by atoms with van der Waals surface area (Å²) in [6.45, 7) is 3.45. The topological polar surface area (TPSA) is 82.1 Å². The van der Waals surface area contributed by atoms with Crippen molar-refractivity contribution in [1.29, 1.82) is 0 Å². The van der Waals surface area contributed by atoms with E-state index in [2.05, 4.69) is 0 Å². The van der Waals surface area contributed by atoms with Gasteiger partial charge < -0.3 is 14.2 Å². The van der Waals surface area contributed by atoms with Crippen LogP contribution in [-0.2, 0) is 30.7 Å². The second-order valence-corrected chi connectivity index (χ2v) is 9.74.